The van der Waals surface area contributed by atoms with Crippen LogP contribution in [0.2, 0.25) is 0 Å². The Balaban J connectivity index is 1.59. The van der Waals surface area contributed by atoms with Gasteiger partial charge in [0.05, 0.1) is 18.8 Å². The summed E-state index contributed by atoms with van der Waals surface area (Å²) in [6.07, 6.45) is 3.38. The number of fused-ring (bicyclic) bond motifs is 2. The Labute approximate surface area is 121 Å². The van der Waals surface area contributed by atoms with Gasteiger partial charge in [-0.05, 0) is 25.8 Å². The molecule has 3 heterocycles. The predicted molar refractivity (Wildman–Crippen MR) is 78.6 cm³/mol. The third kappa shape index (κ3) is 3.25. The topological polar surface area (TPSA) is 37.6 Å². The molecule has 0 aliphatic carbocycles. The van der Waals surface area contributed by atoms with E-state index >= 15 is 0 Å². The summed E-state index contributed by atoms with van der Waals surface area (Å²) in [5.74, 6) is 2.10. The highest BCUT2D eigenvalue weighted by Gasteiger charge is 2.33. The molecule has 2 saturated heterocycles. The molecule has 1 N–H and O–H groups in total. The van der Waals surface area contributed by atoms with E-state index in [4.69, 9.17) is 9.15 Å². The molecular formula is C16H26N2O2. The Morgan fingerprint density at radius 3 is 2.65 bits per heavy atom. The predicted octanol–water partition coefficient (Wildman–Crippen LogP) is 2.45. The molecule has 2 fully saturated rings. The molecule has 0 aromatic carbocycles. The van der Waals surface area contributed by atoms with E-state index in [0.717, 1.165) is 37.7 Å². The smallest absolute Gasteiger partial charge is 0.118 e. The van der Waals surface area contributed by atoms with Gasteiger partial charge in [0.25, 0.3) is 0 Å². The van der Waals surface area contributed by atoms with Crippen molar-refractivity contribution in [2.24, 2.45) is 0 Å². The quantitative estimate of drug-likeness (QED) is 0.898. The third-order valence-electron chi connectivity index (χ3n) is 4.27. The van der Waals surface area contributed by atoms with E-state index in [-0.39, 0.29) is 0 Å². The second-order valence-electron chi connectivity index (χ2n) is 6.48. The maximum atomic E-state index is 5.89. The molecule has 2 atom stereocenters. The third-order valence-corrected chi connectivity index (χ3v) is 4.27. The van der Waals surface area contributed by atoms with Crippen molar-refractivity contribution in [1.82, 2.24) is 10.2 Å². The number of furan rings is 1. The lowest BCUT2D eigenvalue weighted by atomic mass is 10.2. The first-order valence-electron chi connectivity index (χ1n) is 7.79. The van der Waals surface area contributed by atoms with E-state index in [1.54, 1.807) is 0 Å². The summed E-state index contributed by atoms with van der Waals surface area (Å²) >= 11 is 0. The van der Waals surface area contributed by atoms with Gasteiger partial charge >= 0.3 is 0 Å². The number of rotatable bonds is 5. The lowest BCUT2D eigenvalue weighted by Crippen LogP contribution is -2.42. The van der Waals surface area contributed by atoms with Gasteiger partial charge in [0, 0.05) is 31.2 Å². The highest BCUT2D eigenvalue weighted by atomic mass is 16.5. The monoisotopic (exact) mass is 278 g/mol. The highest BCUT2D eigenvalue weighted by molar-refractivity contribution is 5.21. The van der Waals surface area contributed by atoms with Gasteiger partial charge in [0.15, 0.2) is 0 Å². The second kappa shape index (κ2) is 5.88. The standard InChI is InChI=1S/C16H26N2O2/c1-11(2)17-7-16-6-13(12(3)19-16)8-18-9-14-4-5-15(10-18)20-14/h6,11,14-15,17H,4-5,7-10H2,1-3H3. The van der Waals surface area contributed by atoms with Crippen LogP contribution in [-0.4, -0.2) is 36.2 Å². The van der Waals surface area contributed by atoms with Crippen LogP contribution in [0.4, 0.5) is 0 Å². The number of morpholine rings is 1. The van der Waals surface area contributed by atoms with Crippen LogP contribution < -0.4 is 5.32 Å². The molecule has 0 amide bonds. The van der Waals surface area contributed by atoms with Crippen LogP contribution >= 0.6 is 0 Å². The van der Waals surface area contributed by atoms with Gasteiger partial charge in [-0.1, -0.05) is 13.8 Å². The molecule has 4 nitrogen and oxygen atoms in total. The number of nitrogens with one attached hydrogen (secondary N) is 1. The first-order valence-corrected chi connectivity index (χ1v) is 7.79. The molecule has 112 valence electrons. The van der Waals surface area contributed by atoms with Crippen LogP contribution in [0.15, 0.2) is 10.5 Å². The molecule has 4 heteroatoms. The summed E-state index contributed by atoms with van der Waals surface area (Å²) in [7, 11) is 0. The van der Waals surface area contributed by atoms with Gasteiger partial charge < -0.3 is 14.5 Å². The minimum absolute atomic E-state index is 0.461. The molecule has 0 spiro atoms. The van der Waals surface area contributed by atoms with Crippen molar-refractivity contribution in [1.29, 1.82) is 0 Å². The zero-order valence-electron chi connectivity index (χ0n) is 12.8. The average molecular weight is 278 g/mol. The lowest BCUT2D eigenvalue weighted by Gasteiger charge is -2.31. The van der Waals surface area contributed by atoms with E-state index in [1.165, 1.54) is 18.4 Å². The SMILES string of the molecule is Cc1oc(CNC(C)C)cc1CN1CC2CCC(C1)O2. The maximum Gasteiger partial charge on any atom is 0.118 e. The fourth-order valence-corrected chi connectivity index (χ4v) is 3.21. The largest absolute Gasteiger partial charge is 0.465 e. The Bertz CT molecular complexity index is 443. The van der Waals surface area contributed by atoms with Crippen LogP contribution in [0.5, 0.6) is 0 Å². The normalized spacial score (nSPS) is 26.6. The van der Waals surface area contributed by atoms with Crippen LogP contribution in [0, 0.1) is 6.92 Å². The van der Waals surface area contributed by atoms with Gasteiger partial charge in [-0.2, -0.15) is 0 Å². The number of aryl methyl sites for hydroxylation is 1. The molecule has 2 unspecified atom stereocenters. The van der Waals surface area contributed by atoms with E-state index in [1.807, 2.05) is 0 Å². The molecule has 1 aromatic rings. The van der Waals surface area contributed by atoms with E-state index in [2.05, 4.69) is 37.1 Å². The zero-order chi connectivity index (χ0) is 14.1. The molecular weight excluding hydrogens is 252 g/mol. The van der Waals surface area contributed by atoms with Gasteiger partial charge in [-0.15, -0.1) is 0 Å². The minimum Gasteiger partial charge on any atom is -0.465 e. The minimum atomic E-state index is 0.461. The molecule has 2 bridgehead atoms. The summed E-state index contributed by atoms with van der Waals surface area (Å²) in [6.45, 7) is 10.3. The molecule has 20 heavy (non-hydrogen) atoms. The first kappa shape index (κ1) is 14.1. The van der Waals surface area contributed by atoms with E-state index in [9.17, 15) is 0 Å². The van der Waals surface area contributed by atoms with Crippen molar-refractivity contribution in [2.75, 3.05) is 13.1 Å². The Morgan fingerprint density at radius 2 is 2.00 bits per heavy atom. The van der Waals surface area contributed by atoms with Gasteiger partial charge in [-0.3, -0.25) is 4.90 Å². The van der Waals surface area contributed by atoms with Gasteiger partial charge in [0.1, 0.15) is 11.5 Å². The van der Waals surface area contributed by atoms with Gasteiger partial charge in [-0.25, -0.2) is 0 Å². The number of ether oxygens (including phenoxy) is 1. The fourth-order valence-electron chi connectivity index (χ4n) is 3.21. The van der Waals surface area contributed by atoms with Crippen LogP contribution in [0.25, 0.3) is 0 Å². The molecule has 2 aliphatic rings. The first-order chi connectivity index (χ1) is 9.60. The Morgan fingerprint density at radius 1 is 1.30 bits per heavy atom. The summed E-state index contributed by atoms with van der Waals surface area (Å²) in [5, 5.41) is 3.40. The second-order valence-corrected chi connectivity index (χ2v) is 6.48. The number of hydrogen-bond donors (Lipinski definition) is 1. The summed E-state index contributed by atoms with van der Waals surface area (Å²) in [5.41, 5.74) is 1.33. The maximum absolute atomic E-state index is 5.89. The highest BCUT2D eigenvalue weighted by Crippen LogP contribution is 2.28. The summed E-state index contributed by atoms with van der Waals surface area (Å²) < 4.78 is 11.7. The summed E-state index contributed by atoms with van der Waals surface area (Å²) in [6, 6.07) is 2.70. The molecule has 1 aromatic heterocycles. The number of hydrogen-bond acceptors (Lipinski definition) is 4. The lowest BCUT2D eigenvalue weighted by molar-refractivity contribution is -0.0411. The van der Waals surface area contributed by atoms with Crippen molar-refractivity contribution in [3.63, 3.8) is 0 Å². The average Bonchev–Trinajstić information content (AvgIpc) is 2.91. The molecule has 0 radical (unpaired) electrons. The Hall–Kier alpha value is -0.840. The van der Waals surface area contributed by atoms with E-state index < -0.39 is 0 Å². The number of nitrogens with zero attached hydrogens (tertiary/aromatic N) is 1. The van der Waals surface area contributed by atoms with Crippen LogP contribution in [0.3, 0.4) is 0 Å². The van der Waals surface area contributed by atoms with Crippen LogP contribution in [0.1, 0.15) is 43.8 Å². The zero-order valence-corrected chi connectivity index (χ0v) is 12.8. The number of likely N-dealkylation sites (tertiary alicyclic amines) is 1. The fraction of sp³-hybridized carbons (Fsp3) is 0.750. The van der Waals surface area contributed by atoms with Crippen molar-refractivity contribution in [3.8, 4) is 0 Å². The Kier molecular flexibility index (Phi) is 4.15. The van der Waals surface area contributed by atoms with Crippen LogP contribution in [-0.2, 0) is 17.8 Å². The van der Waals surface area contributed by atoms with Crippen molar-refractivity contribution in [2.45, 2.75) is 65.0 Å². The molecule has 3 rings (SSSR count). The summed E-state index contributed by atoms with van der Waals surface area (Å²) in [4.78, 5) is 2.52. The molecule has 2 aliphatic heterocycles. The van der Waals surface area contributed by atoms with Crippen molar-refractivity contribution in [3.05, 3.63) is 23.2 Å². The van der Waals surface area contributed by atoms with Crippen molar-refractivity contribution >= 4 is 0 Å². The van der Waals surface area contributed by atoms with Crippen molar-refractivity contribution < 1.29 is 9.15 Å². The molecule has 0 saturated carbocycles. The van der Waals surface area contributed by atoms with E-state index in [0.29, 0.717) is 18.2 Å². The van der Waals surface area contributed by atoms with Gasteiger partial charge in [0.2, 0.25) is 0 Å².